The molecule has 2 rings (SSSR count). The van der Waals surface area contributed by atoms with Gasteiger partial charge in [0, 0.05) is 31.3 Å². The van der Waals surface area contributed by atoms with E-state index in [1.54, 1.807) is 43.2 Å². The van der Waals surface area contributed by atoms with E-state index in [-0.39, 0.29) is 11.8 Å². The van der Waals surface area contributed by atoms with Gasteiger partial charge < -0.3 is 10.1 Å². The second-order valence-electron chi connectivity index (χ2n) is 4.35. The maximum atomic E-state index is 12.4. The third-order valence-corrected chi connectivity index (χ3v) is 2.92. The van der Waals surface area contributed by atoms with E-state index in [4.69, 9.17) is 0 Å². The van der Waals surface area contributed by atoms with Crippen LogP contribution in [0.5, 0.6) is 5.75 Å². The van der Waals surface area contributed by atoms with Crippen molar-refractivity contribution in [3.8, 4) is 5.75 Å². The molecule has 20 heavy (non-hydrogen) atoms. The lowest BCUT2D eigenvalue weighted by Crippen LogP contribution is -2.20. The minimum atomic E-state index is -2.84. The highest BCUT2D eigenvalue weighted by molar-refractivity contribution is 5.36. The average molecular weight is 282 g/mol. The molecule has 1 aromatic heterocycles. The van der Waals surface area contributed by atoms with Gasteiger partial charge in [-0.3, -0.25) is 4.68 Å². The minimum Gasteiger partial charge on any atom is -0.434 e. The number of likely N-dealkylation sites (N-methyl/N-ethyl adjacent to an activating group) is 1. The molecule has 2 aromatic rings. The molecule has 5 nitrogen and oxygen atoms in total. The van der Waals surface area contributed by atoms with Crippen LogP contribution in [-0.4, -0.2) is 28.7 Å². The van der Waals surface area contributed by atoms with Crippen molar-refractivity contribution in [2.24, 2.45) is 7.05 Å². The first-order valence-corrected chi connectivity index (χ1v) is 6.16. The van der Waals surface area contributed by atoms with Crippen LogP contribution < -0.4 is 10.1 Å². The molecule has 0 aliphatic heterocycles. The fourth-order valence-electron chi connectivity index (χ4n) is 2.04. The van der Waals surface area contributed by atoms with Gasteiger partial charge in [-0.2, -0.15) is 8.78 Å². The number of hydrogen-bond acceptors (Lipinski definition) is 4. The molecular weight excluding hydrogens is 266 g/mol. The van der Waals surface area contributed by atoms with Crippen molar-refractivity contribution in [3.63, 3.8) is 0 Å². The van der Waals surface area contributed by atoms with Gasteiger partial charge in [0.25, 0.3) is 0 Å². The number of hydrogen-bond donors (Lipinski definition) is 1. The zero-order valence-corrected chi connectivity index (χ0v) is 11.3. The number of para-hydroxylation sites is 1. The van der Waals surface area contributed by atoms with Gasteiger partial charge in [0.15, 0.2) is 0 Å². The Bertz CT molecular complexity index is 559. The molecule has 0 amide bonds. The van der Waals surface area contributed by atoms with E-state index < -0.39 is 6.61 Å². The number of halogens is 2. The van der Waals surface area contributed by atoms with Crippen LogP contribution in [0.1, 0.15) is 17.3 Å². The molecule has 0 saturated heterocycles. The molecule has 1 aromatic carbocycles. The molecule has 0 spiro atoms. The topological polar surface area (TPSA) is 52.0 Å². The number of aryl methyl sites for hydroxylation is 1. The first-order chi connectivity index (χ1) is 9.60. The summed E-state index contributed by atoms with van der Waals surface area (Å²) in [7, 11) is 3.54. The summed E-state index contributed by atoms with van der Waals surface area (Å²) in [6, 6.07) is 6.56. The van der Waals surface area contributed by atoms with E-state index >= 15 is 0 Å². The molecule has 1 heterocycles. The molecular formula is C13H16F2N4O. The number of ether oxygens (including phenoxy) is 1. The summed E-state index contributed by atoms with van der Waals surface area (Å²) in [6.45, 7) is -2.84. The summed E-state index contributed by atoms with van der Waals surface area (Å²) in [4.78, 5) is 0. The molecule has 108 valence electrons. The largest absolute Gasteiger partial charge is 0.434 e. The normalized spacial score (nSPS) is 12.7. The SMILES string of the molecule is CNC(Cc1cn(C)nn1)c1ccccc1OC(F)F. The van der Waals surface area contributed by atoms with Crippen LogP contribution in [0.15, 0.2) is 30.5 Å². The Labute approximate surface area is 115 Å². The quantitative estimate of drug-likeness (QED) is 0.879. The Balaban J connectivity index is 2.22. The van der Waals surface area contributed by atoms with Crippen LogP contribution in [0.4, 0.5) is 8.78 Å². The number of rotatable bonds is 6. The Morgan fingerprint density at radius 3 is 2.70 bits per heavy atom. The van der Waals surface area contributed by atoms with Crippen molar-refractivity contribution in [1.82, 2.24) is 20.3 Å². The van der Waals surface area contributed by atoms with Crippen molar-refractivity contribution in [1.29, 1.82) is 0 Å². The predicted octanol–water partition coefficient (Wildman–Crippen LogP) is 1.92. The molecule has 7 heteroatoms. The van der Waals surface area contributed by atoms with E-state index in [9.17, 15) is 8.78 Å². The molecule has 1 unspecified atom stereocenters. The van der Waals surface area contributed by atoms with Crippen molar-refractivity contribution in [3.05, 3.63) is 41.7 Å². The van der Waals surface area contributed by atoms with Crippen molar-refractivity contribution >= 4 is 0 Å². The number of nitrogens with one attached hydrogen (secondary N) is 1. The van der Waals surface area contributed by atoms with E-state index in [1.807, 2.05) is 0 Å². The van der Waals surface area contributed by atoms with Gasteiger partial charge in [0.05, 0.1) is 5.69 Å². The van der Waals surface area contributed by atoms with Gasteiger partial charge in [-0.25, -0.2) is 0 Å². The molecule has 0 bridgehead atoms. The first kappa shape index (κ1) is 14.4. The summed E-state index contributed by atoms with van der Waals surface area (Å²) in [6.07, 6.45) is 2.33. The van der Waals surface area contributed by atoms with Crippen LogP contribution >= 0.6 is 0 Å². The summed E-state index contributed by atoms with van der Waals surface area (Å²) >= 11 is 0. The van der Waals surface area contributed by atoms with Crippen LogP contribution in [0.25, 0.3) is 0 Å². The third-order valence-electron chi connectivity index (χ3n) is 2.92. The number of benzene rings is 1. The first-order valence-electron chi connectivity index (χ1n) is 6.16. The van der Waals surface area contributed by atoms with Gasteiger partial charge in [-0.15, -0.1) is 5.10 Å². The van der Waals surface area contributed by atoms with E-state index in [1.165, 1.54) is 6.07 Å². The van der Waals surface area contributed by atoms with E-state index in [0.29, 0.717) is 12.0 Å². The predicted molar refractivity (Wildman–Crippen MR) is 69.6 cm³/mol. The maximum absolute atomic E-state index is 12.4. The lowest BCUT2D eigenvalue weighted by atomic mass is 10.0. The van der Waals surface area contributed by atoms with E-state index in [0.717, 1.165) is 5.69 Å². The van der Waals surface area contributed by atoms with E-state index in [2.05, 4.69) is 20.4 Å². The standard InChI is InChI=1S/C13H16F2N4O/c1-16-11(7-9-8-19(2)18-17-9)10-5-3-4-6-12(10)20-13(14)15/h3-6,8,11,13,16H,7H2,1-2H3. The van der Waals surface area contributed by atoms with Crippen LogP contribution in [-0.2, 0) is 13.5 Å². The molecule has 0 fully saturated rings. The van der Waals surface area contributed by atoms with Crippen molar-refractivity contribution in [2.75, 3.05) is 7.05 Å². The monoisotopic (exact) mass is 282 g/mol. The van der Waals surface area contributed by atoms with Gasteiger partial charge in [-0.1, -0.05) is 23.4 Å². The van der Waals surface area contributed by atoms with Crippen LogP contribution in [0, 0.1) is 0 Å². The second kappa shape index (κ2) is 6.42. The maximum Gasteiger partial charge on any atom is 0.387 e. The lowest BCUT2D eigenvalue weighted by molar-refractivity contribution is -0.0507. The number of aromatic nitrogens is 3. The van der Waals surface area contributed by atoms with Gasteiger partial charge in [0.1, 0.15) is 5.75 Å². The van der Waals surface area contributed by atoms with Gasteiger partial charge in [0.2, 0.25) is 0 Å². The summed E-state index contributed by atoms with van der Waals surface area (Å²) in [5, 5.41) is 10.9. The summed E-state index contributed by atoms with van der Waals surface area (Å²) in [5.41, 5.74) is 1.44. The molecule has 0 aliphatic carbocycles. The Hall–Kier alpha value is -2.02. The zero-order valence-electron chi connectivity index (χ0n) is 11.3. The highest BCUT2D eigenvalue weighted by Crippen LogP contribution is 2.28. The number of alkyl halides is 2. The highest BCUT2D eigenvalue weighted by atomic mass is 19.3. The summed E-state index contributed by atoms with van der Waals surface area (Å²) in [5.74, 6) is 0.172. The fraction of sp³-hybridized carbons (Fsp3) is 0.385. The average Bonchev–Trinajstić information content (AvgIpc) is 2.82. The minimum absolute atomic E-state index is 0.172. The number of nitrogens with zero attached hydrogens (tertiary/aromatic N) is 3. The third kappa shape index (κ3) is 3.51. The smallest absolute Gasteiger partial charge is 0.387 e. The molecule has 0 saturated carbocycles. The Kier molecular flexibility index (Phi) is 4.62. The summed E-state index contributed by atoms with van der Waals surface area (Å²) < 4.78 is 31.0. The lowest BCUT2D eigenvalue weighted by Gasteiger charge is -2.19. The molecule has 1 N–H and O–H groups in total. The van der Waals surface area contributed by atoms with Crippen LogP contribution in [0.3, 0.4) is 0 Å². The zero-order chi connectivity index (χ0) is 14.5. The molecule has 1 atom stereocenters. The fourth-order valence-corrected chi connectivity index (χ4v) is 2.04. The van der Waals surface area contributed by atoms with Crippen molar-refractivity contribution in [2.45, 2.75) is 19.1 Å². The highest BCUT2D eigenvalue weighted by Gasteiger charge is 2.18. The van der Waals surface area contributed by atoms with Crippen LogP contribution in [0.2, 0.25) is 0 Å². The Morgan fingerprint density at radius 1 is 1.35 bits per heavy atom. The Morgan fingerprint density at radius 2 is 2.10 bits per heavy atom. The van der Waals surface area contributed by atoms with Gasteiger partial charge >= 0.3 is 6.61 Å². The van der Waals surface area contributed by atoms with Crippen molar-refractivity contribution < 1.29 is 13.5 Å². The molecule has 0 aliphatic rings. The molecule has 0 radical (unpaired) electrons. The second-order valence-corrected chi connectivity index (χ2v) is 4.35. The van der Waals surface area contributed by atoms with Gasteiger partial charge in [-0.05, 0) is 13.1 Å².